The predicted octanol–water partition coefficient (Wildman–Crippen LogP) is 4.56. The van der Waals surface area contributed by atoms with Crippen molar-refractivity contribution in [1.29, 1.82) is 0 Å². The molecule has 26 heavy (non-hydrogen) atoms. The molecule has 2 unspecified atom stereocenters. The van der Waals surface area contributed by atoms with Crippen molar-refractivity contribution in [2.24, 2.45) is 9.98 Å². The lowest BCUT2D eigenvalue weighted by Gasteiger charge is -2.25. The highest BCUT2D eigenvalue weighted by molar-refractivity contribution is 5.84. The molecule has 3 rings (SSSR count). The average Bonchev–Trinajstić information content (AvgIpc) is 2.61. The number of phenols is 2. The fourth-order valence-electron chi connectivity index (χ4n) is 3.32. The molecule has 0 bridgehead atoms. The van der Waals surface area contributed by atoms with Crippen molar-refractivity contribution in [2.45, 2.75) is 51.6 Å². The summed E-state index contributed by atoms with van der Waals surface area (Å²) in [5, 5.41) is 20.1. The number of phenolic OH excluding ortho intramolecular Hbond substituents is 2. The SMILES string of the molecule is Cc1ccc(C=NC2CCCCC2N=Cc2ccc(C)cc2O)c(O)c1. The molecule has 0 saturated heterocycles. The summed E-state index contributed by atoms with van der Waals surface area (Å²) in [6.07, 6.45) is 7.79. The standard InChI is InChI=1S/C22H26N2O2/c1-15-7-9-17(21(25)11-15)13-23-19-5-3-4-6-20(19)24-14-18-10-8-16(2)12-22(18)26/h7-14,19-20,25-26H,3-6H2,1-2H3. The van der Waals surface area contributed by atoms with Crippen molar-refractivity contribution in [1.82, 2.24) is 0 Å². The summed E-state index contributed by atoms with van der Waals surface area (Å²) in [7, 11) is 0. The first-order valence-corrected chi connectivity index (χ1v) is 9.18. The van der Waals surface area contributed by atoms with Gasteiger partial charge in [-0.2, -0.15) is 0 Å². The van der Waals surface area contributed by atoms with E-state index in [0.29, 0.717) is 0 Å². The van der Waals surface area contributed by atoms with E-state index in [1.165, 1.54) is 0 Å². The molecule has 4 nitrogen and oxygen atoms in total. The molecule has 0 heterocycles. The van der Waals surface area contributed by atoms with Gasteiger partial charge < -0.3 is 10.2 Å². The maximum absolute atomic E-state index is 10.0. The van der Waals surface area contributed by atoms with Gasteiger partial charge in [0.15, 0.2) is 0 Å². The molecule has 0 spiro atoms. The van der Waals surface area contributed by atoms with E-state index in [0.717, 1.165) is 47.9 Å². The molecule has 1 aliphatic carbocycles. The molecule has 1 fully saturated rings. The van der Waals surface area contributed by atoms with E-state index in [1.807, 2.05) is 38.1 Å². The van der Waals surface area contributed by atoms with Crippen molar-refractivity contribution in [3.8, 4) is 11.5 Å². The zero-order chi connectivity index (χ0) is 18.5. The Morgan fingerprint density at radius 3 is 1.58 bits per heavy atom. The van der Waals surface area contributed by atoms with E-state index in [-0.39, 0.29) is 23.6 Å². The number of aromatic hydroxyl groups is 2. The normalized spacial score (nSPS) is 20.8. The molecule has 2 aromatic rings. The zero-order valence-corrected chi connectivity index (χ0v) is 15.4. The molecule has 2 aromatic carbocycles. The van der Waals surface area contributed by atoms with Gasteiger partial charge in [0.05, 0.1) is 12.1 Å². The molecule has 2 atom stereocenters. The highest BCUT2D eigenvalue weighted by atomic mass is 16.3. The van der Waals surface area contributed by atoms with Crippen LogP contribution in [0.1, 0.15) is 47.9 Å². The Kier molecular flexibility index (Phi) is 5.71. The second kappa shape index (κ2) is 8.17. The number of hydrogen-bond acceptors (Lipinski definition) is 4. The quantitative estimate of drug-likeness (QED) is 0.794. The van der Waals surface area contributed by atoms with Crippen LogP contribution < -0.4 is 0 Å². The first-order valence-electron chi connectivity index (χ1n) is 9.18. The van der Waals surface area contributed by atoms with Crippen molar-refractivity contribution in [3.05, 3.63) is 58.7 Å². The minimum Gasteiger partial charge on any atom is -0.507 e. The molecule has 0 radical (unpaired) electrons. The molecule has 0 amide bonds. The minimum absolute atomic E-state index is 0.105. The number of aryl methyl sites for hydroxylation is 2. The summed E-state index contributed by atoms with van der Waals surface area (Å²) in [4.78, 5) is 9.43. The smallest absolute Gasteiger partial charge is 0.124 e. The Morgan fingerprint density at radius 2 is 1.19 bits per heavy atom. The molecular formula is C22H26N2O2. The van der Waals surface area contributed by atoms with Crippen LogP contribution >= 0.6 is 0 Å². The van der Waals surface area contributed by atoms with Crippen LogP contribution in [0.4, 0.5) is 0 Å². The molecule has 136 valence electrons. The lowest BCUT2D eigenvalue weighted by Crippen LogP contribution is -2.27. The van der Waals surface area contributed by atoms with Gasteiger partial charge in [0.25, 0.3) is 0 Å². The minimum atomic E-state index is 0.105. The van der Waals surface area contributed by atoms with Crippen molar-refractivity contribution < 1.29 is 10.2 Å². The van der Waals surface area contributed by atoms with Gasteiger partial charge in [0.1, 0.15) is 11.5 Å². The van der Waals surface area contributed by atoms with Crippen LogP contribution in [0.15, 0.2) is 46.4 Å². The Balaban J connectivity index is 1.75. The van der Waals surface area contributed by atoms with Crippen LogP contribution in [0, 0.1) is 13.8 Å². The molecule has 4 heteroatoms. The fourth-order valence-corrected chi connectivity index (χ4v) is 3.32. The first-order chi connectivity index (χ1) is 12.5. The summed E-state index contributed by atoms with van der Waals surface area (Å²) in [5.41, 5.74) is 3.52. The van der Waals surface area contributed by atoms with Crippen molar-refractivity contribution in [2.75, 3.05) is 0 Å². The van der Waals surface area contributed by atoms with Gasteiger partial charge in [-0.15, -0.1) is 0 Å². The van der Waals surface area contributed by atoms with Gasteiger partial charge >= 0.3 is 0 Å². The van der Waals surface area contributed by atoms with E-state index < -0.39 is 0 Å². The van der Waals surface area contributed by atoms with Gasteiger partial charge in [0, 0.05) is 23.6 Å². The van der Waals surface area contributed by atoms with E-state index >= 15 is 0 Å². The van der Waals surface area contributed by atoms with Crippen LogP contribution in [-0.2, 0) is 0 Å². The summed E-state index contributed by atoms with van der Waals surface area (Å²) in [6, 6.07) is 11.4. The van der Waals surface area contributed by atoms with Gasteiger partial charge in [0.2, 0.25) is 0 Å². The molecule has 1 aliphatic rings. The number of nitrogens with zero attached hydrogens (tertiary/aromatic N) is 2. The molecule has 0 aliphatic heterocycles. The lowest BCUT2D eigenvalue weighted by atomic mass is 9.91. The third kappa shape index (κ3) is 4.51. The van der Waals surface area contributed by atoms with Crippen molar-refractivity contribution >= 4 is 12.4 Å². The first kappa shape index (κ1) is 18.2. The average molecular weight is 350 g/mol. The highest BCUT2D eigenvalue weighted by Crippen LogP contribution is 2.25. The summed E-state index contributed by atoms with van der Waals surface area (Å²) < 4.78 is 0. The van der Waals surface area contributed by atoms with Crippen LogP contribution in [0.5, 0.6) is 11.5 Å². The third-order valence-corrected chi connectivity index (χ3v) is 4.88. The molecular weight excluding hydrogens is 324 g/mol. The molecule has 2 N–H and O–H groups in total. The van der Waals surface area contributed by atoms with Crippen LogP contribution in [0.2, 0.25) is 0 Å². The summed E-state index contributed by atoms with van der Waals surface area (Å²) >= 11 is 0. The van der Waals surface area contributed by atoms with Crippen LogP contribution in [0.3, 0.4) is 0 Å². The Morgan fingerprint density at radius 1 is 0.769 bits per heavy atom. The Labute approximate surface area is 155 Å². The van der Waals surface area contributed by atoms with Gasteiger partial charge in [-0.3, -0.25) is 9.98 Å². The summed E-state index contributed by atoms with van der Waals surface area (Å²) in [5.74, 6) is 0.517. The topological polar surface area (TPSA) is 65.2 Å². The third-order valence-electron chi connectivity index (χ3n) is 4.88. The van der Waals surface area contributed by atoms with Gasteiger partial charge in [-0.05, 0) is 62.1 Å². The van der Waals surface area contributed by atoms with E-state index in [2.05, 4.69) is 0 Å². The lowest BCUT2D eigenvalue weighted by molar-refractivity contribution is 0.390. The van der Waals surface area contributed by atoms with E-state index in [4.69, 9.17) is 9.98 Å². The van der Waals surface area contributed by atoms with E-state index in [1.54, 1.807) is 24.6 Å². The van der Waals surface area contributed by atoms with Gasteiger partial charge in [-0.1, -0.05) is 25.0 Å². The maximum Gasteiger partial charge on any atom is 0.124 e. The number of benzene rings is 2. The van der Waals surface area contributed by atoms with Crippen LogP contribution in [0.25, 0.3) is 0 Å². The highest BCUT2D eigenvalue weighted by Gasteiger charge is 2.23. The largest absolute Gasteiger partial charge is 0.507 e. The van der Waals surface area contributed by atoms with Crippen molar-refractivity contribution in [3.63, 3.8) is 0 Å². The molecule has 0 aromatic heterocycles. The number of hydrogen-bond donors (Lipinski definition) is 2. The van der Waals surface area contributed by atoms with Gasteiger partial charge in [-0.25, -0.2) is 0 Å². The maximum atomic E-state index is 10.0. The molecule has 1 saturated carbocycles. The second-order valence-electron chi connectivity index (χ2n) is 7.10. The van der Waals surface area contributed by atoms with Crippen LogP contribution in [-0.4, -0.2) is 34.7 Å². The number of rotatable bonds is 4. The monoisotopic (exact) mass is 350 g/mol. The summed E-state index contributed by atoms with van der Waals surface area (Å²) in [6.45, 7) is 3.90. The number of aliphatic imine (C=N–C) groups is 2. The predicted molar refractivity (Wildman–Crippen MR) is 107 cm³/mol. The fraction of sp³-hybridized carbons (Fsp3) is 0.364. The Hall–Kier alpha value is -2.62. The second-order valence-corrected chi connectivity index (χ2v) is 7.10. The zero-order valence-electron chi connectivity index (χ0n) is 15.4. The Bertz CT molecular complexity index is 757. The van der Waals surface area contributed by atoms with E-state index in [9.17, 15) is 10.2 Å².